The first-order valence-corrected chi connectivity index (χ1v) is 5.77. The molecule has 3 nitrogen and oxygen atoms in total. The summed E-state index contributed by atoms with van der Waals surface area (Å²) in [5.74, 6) is 0. The molecule has 1 heterocycles. The van der Waals surface area contributed by atoms with E-state index in [0.29, 0.717) is 19.8 Å². The van der Waals surface area contributed by atoms with Gasteiger partial charge in [-0.15, -0.1) is 0 Å². The van der Waals surface area contributed by atoms with Crippen LogP contribution in [0.15, 0.2) is 30.3 Å². The third-order valence-electron chi connectivity index (χ3n) is 2.85. The second-order valence-electron chi connectivity index (χ2n) is 4.50. The molecule has 2 N–H and O–H groups in total. The lowest BCUT2D eigenvalue weighted by Gasteiger charge is -2.32. The van der Waals surface area contributed by atoms with Crippen molar-refractivity contribution in [3.8, 4) is 0 Å². The first kappa shape index (κ1) is 11.6. The molecule has 1 fully saturated rings. The molecule has 0 aliphatic carbocycles. The summed E-state index contributed by atoms with van der Waals surface area (Å²) in [7, 11) is 0. The van der Waals surface area contributed by atoms with Gasteiger partial charge in [0.15, 0.2) is 0 Å². The van der Waals surface area contributed by atoms with Crippen LogP contribution < -0.4 is 5.73 Å². The van der Waals surface area contributed by atoms with Gasteiger partial charge in [-0.1, -0.05) is 30.3 Å². The van der Waals surface area contributed by atoms with E-state index in [1.54, 1.807) is 0 Å². The number of benzene rings is 1. The van der Waals surface area contributed by atoms with E-state index in [4.69, 9.17) is 15.2 Å². The lowest BCUT2D eigenvalue weighted by Crippen LogP contribution is -2.51. The van der Waals surface area contributed by atoms with Gasteiger partial charge in [0.05, 0.1) is 25.4 Å². The minimum absolute atomic E-state index is 0.285. The van der Waals surface area contributed by atoms with Crippen LogP contribution in [0.3, 0.4) is 0 Å². The zero-order chi connectivity index (χ0) is 11.3. The molecule has 0 bridgehead atoms. The molecular formula is C13H19NO2. The van der Waals surface area contributed by atoms with E-state index in [-0.39, 0.29) is 5.54 Å². The highest BCUT2D eigenvalue weighted by Crippen LogP contribution is 2.17. The fourth-order valence-electron chi connectivity index (χ4n) is 1.93. The molecule has 1 unspecified atom stereocenters. The molecular weight excluding hydrogens is 202 g/mol. The summed E-state index contributed by atoms with van der Waals surface area (Å²) in [6, 6.07) is 10.1. The number of hydrogen-bond donors (Lipinski definition) is 1. The average molecular weight is 221 g/mol. The number of nitrogens with two attached hydrogens (primary N) is 1. The van der Waals surface area contributed by atoms with Crippen molar-refractivity contribution in [1.82, 2.24) is 0 Å². The maximum Gasteiger partial charge on any atom is 0.0717 e. The van der Waals surface area contributed by atoms with Crippen molar-refractivity contribution in [3.05, 3.63) is 35.9 Å². The van der Waals surface area contributed by atoms with E-state index < -0.39 is 0 Å². The molecule has 1 aromatic carbocycles. The Balaban J connectivity index is 1.75. The van der Waals surface area contributed by atoms with Crippen LogP contribution in [0.25, 0.3) is 0 Å². The maximum atomic E-state index is 6.17. The molecule has 1 aliphatic heterocycles. The van der Waals surface area contributed by atoms with Gasteiger partial charge >= 0.3 is 0 Å². The molecule has 0 amide bonds. The third-order valence-corrected chi connectivity index (χ3v) is 2.85. The average Bonchev–Trinajstić information content (AvgIpc) is 2.31. The quantitative estimate of drug-likeness (QED) is 0.841. The Bertz CT molecular complexity index is 307. The fourth-order valence-corrected chi connectivity index (χ4v) is 1.93. The van der Waals surface area contributed by atoms with Crippen LogP contribution in [0.1, 0.15) is 18.4 Å². The Hall–Kier alpha value is -0.900. The van der Waals surface area contributed by atoms with Crippen molar-refractivity contribution in [3.63, 3.8) is 0 Å². The topological polar surface area (TPSA) is 44.5 Å². The highest BCUT2D eigenvalue weighted by atomic mass is 16.5. The molecule has 3 heteroatoms. The van der Waals surface area contributed by atoms with Crippen LogP contribution in [0.5, 0.6) is 0 Å². The van der Waals surface area contributed by atoms with Crippen molar-refractivity contribution in [1.29, 1.82) is 0 Å². The minimum atomic E-state index is -0.285. The van der Waals surface area contributed by atoms with Crippen LogP contribution in [0.2, 0.25) is 0 Å². The van der Waals surface area contributed by atoms with Gasteiger partial charge in [-0.3, -0.25) is 0 Å². The zero-order valence-electron chi connectivity index (χ0n) is 9.52. The predicted molar refractivity (Wildman–Crippen MR) is 63.1 cm³/mol. The van der Waals surface area contributed by atoms with Crippen LogP contribution in [0, 0.1) is 0 Å². The lowest BCUT2D eigenvalue weighted by molar-refractivity contribution is -0.0159. The van der Waals surface area contributed by atoms with Gasteiger partial charge in [0.2, 0.25) is 0 Å². The van der Waals surface area contributed by atoms with E-state index in [1.807, 2.05) is 18.2 Å². The molecule has 16 heavy (non-hydrogen) atoms. The van der Waals surface area contributed by atoms with Gasteiger partial charge in [-0.25, -0.2) is 0 Å². The van der Waals surface area contributed by atoms with Crippen LogP contribution in [0.4, 0.5) is 0 Å². The van der Waals surface area contributed by atoms with E-state index in [9.17, 15) is 0 Å². The molecule has 1 saturated heterocycles. The van der Waals surface area contributed by atoms with E-state index in [2.05, 4.69) is 12.1 Å². The predicted octanol–water partition coefficient (Wildman–Crippen LogP) is 1.71. The summed E-state index contributed by atoms with van der Waals surface area (Å²) in [5.41, 5.74) is 7.07. The summed E-state index contributed by atoms with van der Waals surface area (Å²) < 4.78 is 11.0. The van der Waals surface area contributed by atoms with Gasteiger partial charge < -0.3 is 15.2 Å². The van der Waals surface area contributed by atoms with E-state index in [0.717, 1.165) is 19.4 Å². The molecule has 2 rings (SSSR count). The molecule has 1 aromatic rings. The van der Waals surface area contributed by atoms with Gasteiger partial charge in [0.1, 0.15) is 0 Å². The van der Waals surface area contributed by atoms with E-state index in [1.165, 1.54) is 5.56 Å². The Labute approximate surface area is 96.5 Å². The minimum Gasteiger partial charge on any atom is -0.379 e. The van der Waals surface area contributed by atoms with Crippen molar-refractivity contribution >= 4 is 0 Å². The Morgan fingerprint density at radius 2 is 2.12 bits per heavy atom. The Morgan fingerprint density at radius 3 is 2.81 bits per heavy atom. The largest absolute Gasteiger partial charge is 0.379 e. The highest BCUT2D eigenvalue weighted by Gasteiger charge is 2.28. The standard InChI is InChI=1S/C13H19NO2/c14-13(7-4-8-15-10-13)11-16-9-12-5-2-1-3-6-12/h1-3,5-6H,4,7-11,14H2. The molecule has 0 saturated carbocycles. The molecule has 0 spiro atoms. The fraction of sp³-hybridized carbons (Fsp3) is 0.538. The van der Waals surface area contributed by atoms with Gasteiger partial charge in [0, 0.05) is 6.61 Å². The number of hydrogen-bond acceptors (Lipinski definition) is 3. The Morgan fingerprint density at radius 1 is 1.31 bits per heavy atom. The van der Waals surface area contributed by atoms with Gasteiger partial charge in [-0.2, -0.15) is 0 Å². The number of ether oxygens (including phenoxy) is 2. The van der Waals surface area contributed by atoms with Crippen LogP contribution in [-0.2, 0) is 16.1 Å². The third kappa shape index (κ3) is 3.30. The SMILES string of the molecule is NC1(COCc2ccccc2)CCCOC1. The summed E-state index contributed by atoms with van der Waals surface area (Å²) >= 11 is 0. The molecule has 88 valence electrons. The summed E-state index contributed by atoms with van der Waals surface area (Å²) in [4.78, 5) is 0. The van der Waals surface area contributed by atoms with Crippen molar-refractivity contribution in [2.75, 3.05) is 19.8 Å². The van der Waals surface area contributed by atoms with Crippen molar-refractivity contribution in [2.24, 2.45) is 5.73 Å². The van der Waals surface area contributed by atoms with Gasteiger partial charge in [0.25, 0.3) is 0 Å². The van der Waals surface area contributed by atoms with Gasteiger partial charge in [-0.05, 0) is 18.4 Å². The lowest BCUT2D eigenvalue weighted by atomic mass is 9.95. The van der Waals surface area contributed by atoms with Crippen LogP contribution in [-0.4, -0.2) is 25.4 Å². The summed E-state index contributed by atoms with van der Waals surface area (Å²) in [6.07, 6.45) is 2.02. The molecule has 1 aliphatic rings. The first-order chi connectivity index (χ1) is 7.79. The Kier molecular flexibility index (Phi) is 3.93. The summed E-state index contributed by atoms with van der Waals surface area (Å²) in [6.45, 7) is 2.64. The molecule has 1 atom stereocenters. The first-order valence-electron chi connectivity index (χ1n) is 5.77. The monoisotopic (exact) mass is 221 g/mol. The molecule has 0 radical (unpaired) electrons. The summed E-state index contributed by atoms with van der Waals surface area (Å²) in [5, 5.41) is 0. The second-order valence-corrected chi connectivity index (χ2v) is 4.50. The van der Waals surface area contributed by atoms with E-state index >= 15 is 0 Å². The second kappa shape index (κ2) is 5.43. The van der Waals surface area contributed by atoms with Crippen LogP contribution >= 0.6 is 0 Å². The molecule has 0 aromatic heterocycles. The zero-order valence-corrected chi connectivity index (χ0v) is 9.52. The normalized spacial score (nSPS) is 25.6. The number of rotatable bonds is 4. The highest BCUT2D eigenvalue weighted by molar-refractivity contribution is 5.13. The van der Waals surface area contributed by atoms with Crippen molar-refractivity contribution < 1.29 is 9.47 Å². The smallest absolute Gasteiger partial charge is 0.0717 e. The maximum absolute atomic E-state index is 6.17. The van der Waals surface area contributed by atoms with Crippen molar-refractivity contribution in [2.45, 2.75) is 25.0 Å².